The monoisotopic (exact) mass is 519 g/mol. The van der Waals surface area contributed by atoms with Crippen molar-refractivity contribution in [1.82, 2.24) is 10.3 Å². The summed E-state index contributed by atoms with van der Waals surface area (Å²) in [5.41, 5.74) is 5.77. The third kappa shape index (κ3) is 5.55. The predicted molar refractivity (Wildman–Crippen MR) is 139 cm³/mol. The first-order valence-electron chi connectivity index (χ1n) is 11.1. The predicted octanol–water partition coefficient (Wildman–Crippen LogP) is 5.93. The first kappa shape index (κ1) is 23.7. The molecule has 0 spiro atoms. The molecule has 3 aromatic carbocycles. The van der Waals surface area contributed by atoms with E-state index in [0.717, 1.165) is 45.3 Å². The molecule has 34 heavy (non-hydrogen) atoms. The van der Waals surface area contributed by atoms with Crippen LogP contribution in [0.5, 0.6) is 5.88 Å². The Morgan fingerprint density at radius 1 is 1.03 bits per heavy atom. The summed E-state index contributed by atoms with van der Waals surface area (Å²) in [6.45, 7) is 3.77. The molecule has 0 atom stereocenters. The summed E-state index contributed by atoms with van der Waals surface area (Å²) in [4.78, 5) is 18.9. The van der Waals surface area contributed by atoms with Gasteiger partial charge in [0.15, 0.2) is 5.88 Å². The fourth-order valence-electron chi connectivity index (χ4n) is 3.83. The third-order valence-electron chi connectivity index (χ3n) is 5.59. The normalized spacial score (nSPS) is 11.8. The van der Waals surface area contributed by atoms with E-state index in [9.17, 15) is 9.90 Å². The standard InChI is InChI=1S/C27H26BrN3O3/c1-2-29-16-18-5-11-21(12-6-18)30-26(19-8-3-17(4-9-19)7-14-24(32)33)25-22-13-10-20(28)15-23(22)31-27(25)34/h3-6,8-13,15,29,31,34H,2,7,14,16H2,1H3,(H,32,33). The minimum atomic E-state index is -0.821. The van der Waals surface area contributed by atoms with Crippen LogP contribution in [0.2, 0.25) is 0 Å². The number of aromatic hydroxyl groups is 1. The van der Waals surface area contributed by atoms with Crippen molar-refractivity contribution in [2.24, 2.45) is 4.99 Å². The Morgan fingerprint density at radius 3 is 2.41 bits per heavy atom. The van der Waals surface area contributed by atoms with Crippen molar-refractivity contribution in [2.45, 2.75) is 26.3 Å². The number of aromatic nitrogens is 1. The number of aliphatic imine (C=N–C) groups is 1. The number of carboxylic acids is 1. The van der Waals surface area contributed by atoms with Crippen molar-refractivity contribution in [3.05, 3.63) is 93.5 Å². The fourth-order valence-corrected chi connectivity index (χ4v) is 4.19. The van der Waals surface area contributed by atoms with Crippen molar-refractivity contribution < 1.29 is 15.0 Å². The topological polar surface area (TPSA) is 97.7 Å². The smallest absolute Gasteiger partial charge is 0.303 e. The molecule has 4 N–H and O–H groups in total. The number of aliphatic carboxylic acids is 1. The average molecular weight is 520 g/mol. The second-order valence-corrected chi connectivity index (χ2v) is 8.95. The molecule has 0 saturated heterocycles. The summed E-state index contributed by atoms with van der Waals surface area (Å²) in [5, 5.41) is 24.0. The minimum absolute atomic E-state index is 0.0468. The van der Waals surface area contributed by atoms with Crippen LogP contribution >= 0.6 is 15.9 Å². The van der Waals surface area contributed by atoms with E-state index >= 15 is 0 Å². The van der Waals surface area contributed by atoms with Crippen molar-refractivity contribution >= 4 is 44.2 Å². The van der Waals surface area contributed by atoms with Gasteiger partial charge in [-0.25, -0.2) is 4.99 Å². The number of nitrogens with zero attached hydrogens (tertiary/aromatic N) is 1. The molecule has 4 aromatic rings. The number of H-pyrrole nitrogens is 1. The highest BCUT2D eigenvalue weighted by Gasteiger charge is 2.19. The van der Waals surface area contributed by atoms with Crippen LogP contribution in [0.4, 0.5) is 5.69 Å². The lowest BCUT2D eigenvalue weighted by molar-refractivity contribution is -0.136. The largest absolute Gasteiger partial charge is 0.494 e. The van der Waals surface area contributed by atoms with Crippen molar-refractivity contribution in [3.8, 4) is 5.88 Å². The number of rotatable bonds is 9. The van der Waals surface area contributed by atoms with Crippen LogP contribution in [0.3, 0.4) is 0 Å². The van der Waals surface area contributed by atoms with E-state index in [-0.39, 0.29) is 12.3 Å². The molecule has 0 saturated carbocycles. The number of aromatic amines is 1. The summed E-state index contributed by atoms with van der Waals surface area (Å²) >= 11 is 3.48. The lowest BCUT2D eigenvalue weighted by Crippen LogP contribution is -2.11. The van der Waals surface area contributed by atoms with E-state index in [4.69, 9.17) is 10.1 Å². The van der Waals surface area contributed by atoms with Crippen molar-refractivity contribution in [2.75, 3.05) is 6.54 Å². The van der Waals surface area contributed by atoms with Crippen LogP contribution in [-0.4, -0.2) is 33.4 Å². The van der Waals surface area contributed by atoms with Gasteiger partial charge in [-0.05, 0) is 48.4 Å². The Hall–Kier alpha value is -3.42. The molecular weight excluding hydrogens is 494 g/mol. The van der Waals surface area contributed by atoms with E-state index in [1.54, 1.807) is 0 Å². The van der Waals surface area contributed by atoms with Crippen LogP contribution in [0.15, 0.2) is 76.2 Å². The Labute approximate surface area is 206 Å². The van der Waals surface area contributed by atoms with Gasteiger partial charge in [0.25, 0.3) is 0 Å². The van der Waals surface area contributed by atoms with E-state index in [2.05, 4.69) is 33.2 Å². The number of benzene rings is 3. The second kappa shape index (κ2) is 10.7. The Kier molecular flexibility index (Phi) is 7.45. The summed E-state index contributed by atoms with van der Waals surface area (Å²) in [6, 6.07) is 21.5. The highest BCUT2D eigenvalue weighted by molar-refractivity contribution is 9.10. The zero-order valence-electron chi connectivity index (χ0n) is 18.8. The van der Waals surface area contributed by atoms with Gasteiger partial charge in [-0.2, -0.15) is 0 Å². The molecule has 174 valence electrons. The first-order valence-corrected chi connectivity index (χ1v) is 11.9. The van der Waals surface area contributed by atoms with Gasteiger partial charge in [-0.3, -0.25) is 4.79 Å². The SMILES string of the molecule is CCNCc1ccc(N=C(c2ccc(CCC(=O)O)cc2)c2c(O)[nH]c3cc(Br)ccc23)cc1. The molecular formula is C27H26BrN3O3. The number of carbonyl (C=O) groups is 1. The molecule has 1 aromatic heterocycles. The molecule has 0 aliphatic heterocycles. The molecule has 0 aliphatic rings. The third-order valence-corrected chi connectivity index (χ3v) is 6.08. The quantitative estimate of drug-likeness (QED) is 0.206. The Morgan fingerprint density at radius 2 is 1.74 bits per heavy atom. The van der Waals surface area contributed by atoms with E-state index in [1.807, 2.05) is 66.7 Å². The van der Waals surface area contributed by atoms with Gasteiger partial charge in [-0.1, -0.05) is 65.3 Å². The van der Waals surface area contributed by atoms with Gasteiger partial charge >= 0.3 is 5.97 Å². The maximum absolute atomic E-state index is 10.9. The van der Waals surface area contributed by atoms with Crippen LogP contribution in [0.1, 0.15) is 35.6 Å². The number of nitrogens with one attached hydrogen (secondary N) is 2. The number of fused-ring (bicyclic) bond motifs is 1. The zero-order valence-corrected chi connectivity index (χ0v) is 20.4. The summed E-state index contributed by atoms with van der Waals surface area (Å²) in [6.07, 6.45) is 0.541. The molecule has 7 heteroatoms. The molecule has 4 rings (SSSR count). The van der Waals surface area contributed by atoms with E-state index in [1.165, 1.54) is 5.56 Å². The number of hydrogen-bond donors (Lipinski definition) is 4. The summed E-state index contributed by atoms with van der Waals surface area (Å²) in [5.74, 6) is -0.774. The van der Waals surface area contributed by atoms with Gasteiger partial charge in [0, 0.05) is 28.4 Å². The van der Waals surface area contributed by atoms with Gasteiger partial charge in [0.2, 0.25) is 0 Å². The lowest BCUT2D eigenvalue weighted by Gasteiger charge is -2.10. The first-order chi connectivity index (χ1) is 16.4. The molecule has 1 heterocycles. The van der Waals surface area contributed by atoms with Gasteiger partial charge in [-0.15, -0.1) is 0 Å². The lowest BCUT2D eigenvalue weighted by atomic mass is 9.98. The fraction of sp³-hybridized carbons (Fsp3) is 0.185. The Bertz CT molecular complexity index is 1330. The second-order valence-electron chi connectivity index (χ2n) is 8.04. The molecule has 0 aliphatic carbocycles. The van der Waals surface area contributed by atoms with Crippen LogP contribution in [0.25, 0.3) is 10.9 Å². The van der Waals surface area contributed by atoms with Gasteiger partial charge < -0.3 is 20.5 Å². The molecule has 0 radical (unpaired) electrons. The number of carboxylic acid groups (broad SMARTS) is 1. The zero-order chi connectivity index (χ0) is 24.1. The van der Waals surface area contributed by atoms with Gasteiger partial charge in [0.1, 0.15) is 0 Å². The van der Waals surface area contributed by atoms with Crippen molar-refractivity contribution in [3.63, 3.8) is 0 Å². The van der Waals surface area contributed by atoms with Crippen molar-refractivity contribution in [1.29, 1.82) is 0 Å². The number of aryl methyl sites for hydroxylation is 1. The van der Waals surface area contributed by atoms with E-state index < -0.39 is 5.97 Å². The average Bonchev–Trinajstić information content (AvgIpc) is 3.15. The van der Waals surface area contributed by atoms with E-state index in [0.29, 0.717) is 17.7 Å². The van der Waals surface area contributed by atoms with Gasteiger partial charge in [0.05, 0.1) is 22.5 Å². The highest BCUT2D eigenvalue weighted by atomic mass is 79.9. The molecule has 6 nitrogen and oxygen atoms in total. The molecule has 0 amide bonds. The number of halogens is 1. The summed E-state index contributed by atoms with van der Waals surface area (Å²) in [7, 11) is 0. The summed E-state index contributed by atoms with van der Waals surface area (Å²) < 4.78 is 0.908. The maximum atomic E-state index is 10.9. The number of hydrogen-bond acceptors (Lipinski definition) is 4. The molecule has 0 unspecified atom stereocenters. The highest BCUT2D eigenvalue weighted by Crippen LogP contribution is 2.33. The van der Waals surface area contributed by atoms with Crippen LogP contribution < -0.4 is 5.32 Å². The molecule has 0 fully saturated rings. The maximum Gasteiger partial charge on any atom is 0.303 e. The Balaban J connectivity index is 1.78. The minimum Gasteiger partial charge on any atom is -0.494 e. The molecule has 0 bridgehead atoms. The van der Waals surface area contributed by atoms with Crippen LogP contribution in [-0.2, 0) is 17.8 Å². The van der Waals surface area contributed by atoms with Crippen LogP contribution in [0, 0.1) is 0 Å².